The van der Waals surface area contributed by atoms with Gasteiger partial charge in [-0.2, -0.15) is 10.4 Å². The lowest BCUT2D eigenvalue weighted by atomic mass is 9.78. The molecule has 1 aromatic heterocycles. The van der Waals surface area contributed by atoms with E-state index in [4.69, 9.17) is 4.74 Å². The number of halogens is 1. The molecule has 0 atom stereocenters. The fourth-order valence-electron chi connectivity index (χ4n) is 2.42. The van der Waals surface area contributed by atoms with Crippen molar-refractivity contribution in [1.82, 2.24) is 9.78 Å². The van der Waals surface area contributed by atoms with Gasteiger partial charge in [0.05, 0.1) is 27.3 Å². The van der Waals surface area contributed by atoms with Crippen molar-refractivity contribution < 1.29 is 4.74 Å². The molecule has 0 amide bonds. The summed E-state index contributed by atoms with van der Waals surface area (Å²) in [5.74, 6) is 0. The summed E-state index contributed by atoms with van der Waals surface area (Å²) in [7, 11) is 1.95. The van der Waals surface area contributed by atoms with Crippen LogP contribution in [0.15, 0.2) is 4.47 Å². The van der Waals surface area contributed by atoms with Gasteiger partial charge in [-0.3, -0.25) is 4.68 Å². The van der Waals surface area contributed by atoms with Crippen molar-refractivity contribution in [2.24, 2.45) is 12.5 Å². The van der Waals surface area contributed by atoms with Crippen LogP contribution < -0.4 is 0 Å². The number of hydrogen-bond donors (Lipinski definition) is 0. The van der Waals surface area contributed by atoms with Crippen LogP contribution >= 0.6 is 15.9 Å². The maximum Gasteiger partial charge on any atom is 0.0766 e. The van der Waals surface area contributed by atoms with E-state index in [0.29, 0.717) is 13.2 Å². The van der Waals surface area contributed by atoms with Gasteiger partial charge in [-0.05, 0) is 35.2 Å². The summed E-state index contributed by atoms with van der Waals surface area (Å²) in [6, 6.07) is 2.51. The van der Waals surface area contributed by atoms with Gasteiger partial charge in [-0.1, -0.05) is 6.92 Å². The third-order valence-corrected chi connectivity index (χ3v) is 4.61. The van der Waals surface area contributed by atoms with E-state index in [2.05, 4.69) is 34.0 Å². The Labute approximate surface area is 116 Å². The van der Waals surface area contributed by atoms with E-state index in [-0.39, 0.29) is 5.41 Å². The molecule has 98 valence electrons. The van der Waals surface area contributed by atoms with Gasteiger partial charge in [0, 0.05) is 26.7 Å². The molecule has 1 fully saturated rings. The van der Waals surface area contributed by atoms with Crippen LogP contribution in [0, 0.1) is 16.7 Å². The second-order valence-corrected chi connectivity index (χ2v) is 5.66. The van der Waals surface area contributed by atoms with E-state index in [0.717, 1.165) is 41.5 Å². The molecular weight excluding hydrogens is 294 g/mol. The normalized spacial score (nSPS) is 18.6. The fourth-order valence-corrected chi connectivity index (χ4v) is 3.18. The van der Waals surface area contributed by atoms with E-state index >= 15 is 0 Å². The van der Waals surface area contributed by atoms with Crippen molar-refractivity contribution in [3.05, 3.63) is 15.9 Å². The van der Waals surface area contributed by atoms with Gasteiger partial charge >= 0.3 is 0 Å². The third kappa shape index (κ3) is 2.45. The Balaban J connectivity index is 2.27. The first kappa shape index (κ1) is 13.6. The number of nitrogens with zero attached hydrogens (tertiary/aromatic N) is 3. The Morgan fingerprint density at radius 1 is 1.50 bits per heavy atom. The minimum Gasteiger partial charge on any atom is -0.381 e. The zero-order valence-corrected chi connectivity index (χ0v) is 12.5. The molecule has 0 spiro atoms. The number of hydrogen-bond acceptors (Lipinski definition) is 3. The molecular formula is C13H18BrN3O. The lowest BCUT2D eigenvalue weighted by Gasteiger charge is -2.30. The number of rotatable bonds is 3. The maximum absolute atomic E-state index is 9.50. The fraction of sp³-hybridized carbons (Fsp3) is 0.692. The van der Waals surface area contributed by atoms with Crippen LogP contribution in [0.4, 0.5) is 0 Å². The molecule has 0 saturated carbocycles. The molecule has 5 heteroatoms. The molecule has 18 heavy (non-hydrogen) atoms. The van der Waals surface area contributed by atoms with Crippen molar-refractivity contribution in [1.29, 1.82) is 5.26 Å². The van der Waals surface area contributed by atoms with Crippen LogP contribution in [0.25, 0.3) is 0 Å². The zero-order chi connectivity index (χ0) is 13.2. The van der Waals surface area contributed by atoms with Gasteiger partial charge in [0.25, 0.3) is 0 Å². The number of ether oxygens (including phenoxy) is 1. The zero-order valence-electron chi connectivity index (χ0n) is 10.9. The summed E-state index contributed by atoms with van der Waals surface area (Å²) in [6.07, 6.45) is 3.26. The summed E-state index contributed by atoms with van der Waals surface area (Å²) in [5, 5.41) is 14.0. The Morgan fingerprint density at radius 3 is 2.67 bits per heavy atom. The van der Waals surface area contributed by atoms with E-state index in [1.807, 2.05) is 11.7 Å². The van der Waals surface area contributed by atoms with Crippen LogP contribution in [0.3, 0.4) is 0 Å². The summed E-state index contributed by atoms with van der Waals surface area (Å²) >= 11 is 3.62. The first-order valence-electron chi connectivity index (χ1n) is 6.31. The lowest BCUT2D eigenvalue weighted by molar-refractivity contribution is 0.0398. The molecule has 0 aliphatic carbocycles. The molecule has 0 bridgehead atoms. The van der Waals surface area contributed by atoms with Gasteiger partial charge in [-0.25, -0.2) is 0 Å². The van der Waals surface area contributed by atoms with Crippen LogP contribution in [0.1, 0.15) is 31.2 Å². The van der Waals surface area contributed by atoms with Gasteiger partial charge in [0.15, 0.2) is 0 Å². The van der Waals surface area contributed by atoms with Gasteiger partial charge in [0.1, 0.15) is 0 Å². The minimum atomic E-state index is -0.292. The van der Waals surface area contributed by atoms with Crippen molar-refractivity contribution in [2.75, 3.05) is 13.2 Å². The molecule has 2 rings (SSSR count). The van der Waals surface area contributed by atoms with E-state index in [1.54, 1.807) is 0 Å². The Bertz CT molecular complexity index is 469. The second kappa shape index (κ2) is 5.41. The Morgan fingerprint density at radius 2 is 2.17 bits per heavy atom. The van der Waals surface area contributed by atoms with E-state index < -0.39 is 0 Å². The van der Waals surface area contributed by atoms with Crippen LogP contribution in [0.5, 0.6) is 0 Å². The SMILES string of the molecule is CCc1nn(C)c(CC2(C#N)CCOCC2)c1Br. The molecule has 1 saturated heterocycles. The first-order chi connectivity index (χ1) is 8.62. The van der Waals surface area contributed by atoms with Crippen molar-refractivity contribution in [2.45, 2.75) is 32.6 Å². The van der Waals surface area contributed by atoms with E-state index in [9.17, 15) is 5.26 Å². The Hall–Kier alpha value is -0.860. The van der Waals surface area contributed by atoms with E-state index in [1.165, 1.54) is 0 Å². The summed E-state index contributed by atoms with van der Waals surface area (Å²) in [5.41, 5.74) is 1.89. The highest BCUT2D eigenvalue weighted by Gasteiger charge is 2.35. The first-order valence-corrected chi connectivity index (χ1v) is 7.10. The molecule has 1 aliphatic rings. The second-order valence-electron chi connectivity index (χ2n) is 4.87. The minimum absolute atomic E-state index is 0.292. The van der Waals surface area contributed by atoms with Gasteiger partial charge in [0.2, 0.25) is 0 Å². The predicted octanol–water partition coefficient (Wildman–Crippen LogP) is 2.61. The highest BCUT2D eigenvalue weighted by Crippen LogP contribution is 2.36. The number of aryl methyl sites for hydroxylation is 2. The summed E-state index contributed by atoms with van der Waals surface area (Å²) in [6.45, 7) is 3.46. The summed E-state index contributed by atoms with van der Waals surface area (Å²) < 4.78 is 8.33. The lowest BCUT2D eigenvalue weighted by Crippen LogP contribution is -2.31. The van der Waals surface area contributed by atoms with Crippen LogP contribution in [0.2, 0.25) is 0 Å². The third-order valence-electron chi connectivity index (χ3n) is 3.70. The average molecular weight is 312 g/mol. The molecule has 0 aromatic carbocycles. The molecule has 1 aromatic rings. The predicted molar refractivity (Wildman–Crippen MR) is 72.1 cm³/mol. The van der Waals surface area contributed by atoms with Crippen LogP contribution in [-0.2, 0) is 24.6 Å². The van der Waals surface area contributed by atoms with Crippen LogP contribution in [-0.4, -0.2) is 23.0 Å². The highest BCUT2D eigenvalue weighted by atomic mass is 79.9. The molecule has 1 aliphatic heterocycles. The molecule has 0 unspecified atom stereocenters. The van der Waals surface area contributed by atoms with Crippen molar-refractivity contribution >= 4 is 15.9 Å². The molecule has 0 N–H and O–H groups in total. The average Bonchev–Trinajstić information content (AvgIpc) is 2.67. The largest absolute Gasteiger partial charge is 0.381 e. The van der Waals surface area contributed by atoms with Gasteiger partial charge in [-0.15, -0.1) is 0 Å². The monoisotopic (exact) mass is 311 g/mol. The quantitative estimate of drug-likeness (QED) is 0.862. The Kier molecular flexibility index (Phi) is 4.08. The number of nitriles is 1. The topological polar surface area (TPSA) is 50.8 Å². The standard InChI is InChI=1S/C13H18BrN3O/c1-3-10-12(14)11(17(2)16-10)8-13(9-15)4-6-18-7-5-13/h3-8H2,1-2H3. The maximum atomic E-state index is 9.50. The number of aromatic nitrogens is 2. The van der Waals surface area contributed by atoms with Crippen molar-refractivity contribution in [3.63, 3.8) is 0 Å². The molecule has 0 radical (unpaired) electrons. The highest BCUT2D eigenvalue weighted by molar-refractivity contribution is 9.10. The summed E-state index contributed by atoms with van der Waals surface area (Å²) in [4.78, 5) is 0. The molecule has 4 nitrogen and oxygen atoms in total. The smallest absolute Gasteiger partial charge is 0.0766 e. The molecule has 2 heterocycles. The van der Waals surface area contributed by atoms with Gasteiger partial charge < -0.3 is 4.74 Å². The van der Waals surface area contributed by atoms with Crippen molar-refractivity contribution in [3.8, 4) is 6.07 Å².